The number of carbonyl (C=O) groups is 1. The van der Waals surface area contributed by atoms with Gasteiger partial charge in [0.1, 0.15) is 0 Å². The molecule has 3 rings (SSSR count). The number of carbonyl (C=O) groups excluding carboxylic acids is 1. The second kappa shape index (κ2) is 8.16. The Hall–Kier alpha value is -0.950. The number of hydrogen-bond donors (Lipinski definition) is 2. The van der Waals surface area contributed by atoms with E-state index in [1.807, 2.05) is 24.3 Å². The first-order valence-electron chi connectivity index (χ1n) is 8.14. The minimum Gasteiger partial charge on any atom is -0.381 e. The lowest BCUT2D eigenvalue weighted by molar-refractivity contribution is -0.123. The molecule has 1 aromatic rings. The Bertz CT molecular complexity index is 610. The normalized spacial score (nSPS) is 24.4. The van der Waals surface area contributed by atoms with E-state index in [0.717, 1.165) is 18.4 Å². The van der Waals surface area contributed by atoms with Crippen LogP contribution in [-0.4, -0.2) is 44.2 Å². The first-order chi connectivity index (χ1) is 11.4. The van der Waals surface area contributed by atoms with Crippen LogP contribution >= 0.6 is 24.0 Å². The average Bonchev–Trinajstić information content (AvgIpc) is 2.94. The molecule has 8 heteroatoms. The SMILES string of the molecule is Cl.O=C(NCC1(c2ccccc2Cl)CCOCC1)C1CC(F)(F)CN1. The number of halogens is 4. The fraction of sp³-hybridized carbons (Fsp3) is 0.588. The quantitative estimate of drug-likeness (QED) is 0.825. The molecule has 1 atom stereocenters. The van der Waals surface area contributed by atoms with Crippen LogP contribution in [0.4, 0.5) is 8.78 Å². The third-order valence-corrected chi connectivity index (χ3v) is 5.25. The second-order valence-electron chi connectivity index (χ2n) is 6.58. The van der Waals surface area contributed by atoms with Gasteiger partial charge in [-0.3, -0.25) is 10.1 Å². The average molecular weight is 395 g/mol. The number of hydrogen-bond acceptors (Lipinski definition) is 3. The van der Waals surface area contributed by atoms with Gasteiger partial charge in [0.25, 0.3) is 5.92 Å². The fourth-order valence-corrected chi connectivity index (χ4v) is 3.81. The van der Waals surface area contributed by atoms with E-state index in [0.29, 0.717) is 24.8 Å². The van der Waals surface area contributed by atoms with Crippen molar-refractivity contribution >= 4 is 29.9 Å². The number of nitrogens with one attached hydrogen (secondary N) is 2. The number of rotatable bonds is 4. The molecule has 0 aromatic heterocycles. The van der Waals surface area contributed by atoms with E-state index in [2.05, 4.69) is 10.6 Å². The summed E-state index contributed by atoms with van der Waals surface area (Å²) in [4.78, 5) is 12.3. The Morgan fingerprint density at radius 2 is 2.00 bits per heavy atom. The summed E-state index contributed by atoms with van der Waals surface area (Å²) in [7, 11) is 0. The minimum absolute atomic E-state index is 0. The molecule has 1 aromatic carbocycles. The van der Waals surface area contributed by atoms with Crippen molar-refractivity contribution in [2.75, 3.05) is 26.3 Å². The molecule has 0 spiro atoms. The molecule has 2 N–H and O–H groups in total. The van der Waals surface area contributed by atoms with E-state index < -0.39 is 24.9 Å². The van der Waals surface area contributed by atoms with Gasteiger partial charge in [-0.2, -0.15) is 0 Å². The zero-order valence-electron chi connectivity index (χ0n) is 13.7. The Labute approximate surface area is 157 Å². The van der Waals surface area contributed by atoms with Gasteiger partial charge in [0.15, 0.2) is 0 Å². The van der Waals surface area contributed by atoms with Crippen molar-refractivity contribution in [2.45, 2.75) is 36.6 Å². The molecule has 0 saturated carbocycles. The van der Waals surface area contributed by atoms with Crippen molar-refractivity contribution in [2.24, 2.45) is 0 Å². The topological polar surface area (TPSA) is 50.4 Å². The molecule has 2 aliphatic heterocycles. The minimum atomic E-state index is -2.82. The van der Waals surface area contributed by atoms with Crippen molar-refractivity contribution in [1.29, 1.82) is 0 Å². The van der Waals surface area contributed by atoms with Gasteiger partial charge < -0.3 is 10.1 Å². The molecule has 4 nitrogen and oxygen atoms in total. The van der Waals surface area contributed by atoms with E-state index in [-0.39, 0.29) is 23.7 Å². The van der Waals surface area contributed by atoms with Crippen molar-refractivity contribution < 1.29 is 18.3 Å². The van der Waals surface area contributed by atoms with Gasteiger partial charge in [-0.25, -0.2) is 8.78 Å². The highest BCUT2D eigenvalue weighted by molar-refractivity contribution is 6.31. The van der Waals surface area contributed by atoms with Crippen LogP contribution in [0.25, 0.3) is 0 Å². The third kappa shape index (κ3) is 4.61. The van der Waals surface area contributed by atoms with Crippen LogP contribution in [0.5, 0.6) is 0 Å². The number of alkyl halides is 2. The molecule has 0 radical (unpaired) electrons. The molecular formula is C17H22Cl2F2N2O2. The monoisotopic (exact) mass is 394 g/mol. The van der Waals surface area contributed by atoms with Crippen LogP contribution in [0.15, 0.2) is 24.3 Å². The third-order valence-electron chi connectivity index (χ3n) is 4.92. The summed E-state index contributed by atoms with van der Waals surface area (Å²) in [5.41, 5.74) is 0.646. The van der Waals surface area contributed by atoms with Gasteiger partial charge in [-0.15, -0.1) is 12.4 Å². The van der Waals surface area contributed by atoms with Crippen molar-refractivity contribution in [3.05, 3.63) is 34.9 Å². The standard InChI is InChI=1S/C17H21ClF2N2O2.ClH/c18-13-4-2-1-3-12(13)16(5-7-24-8-6-16)10-22-15(23)14-9-17(19,20)11-21-14;/h1-4,14,21H,5-11H2,(H,22,23);1H. The molecule has 2 aliphatic rings. The van der Waals surface area contributed by atoms with Crippen LogP contribution in [0.3, 0.4) is 0 Å². The summed E-state index contributed by atoms with van der Waals surface area (Å²) in [6, 6.07) is 6.72. The highest BCUT2D eigenvalue weighted by Gasteiger charge is 2.43. The van der Waals surface area contributed by atoms with E-state index >= 15 is 0 Å². The van der Waals surface area contributed by atoms with Gasteiger partial charge in [0.05, 0.1) is 12.6 Å². The molecule has 1 amide bonds. The van der Waals surface area contributed by atoms with Gasteiger partial charge in [-0.1, -0.05) is 29.8 Å². The second-order valence-corrected chi connectivity index (χ2v) is 6.99. The molecule has 2 heterocycles. The summed E-state index contributed by atoms with van der Waals surface area (Å²) in [6.45, 7) is 1.08. The van der Waals surface area contributed by atoms with E-state index in [1.165, 1.54) is 0 Å². The molecule has 2 fully saturated rings. The highest BCUT2D eigenvalue weighted by atomic mass is 35.5. The maximum Gasteiger partial charge on any atom is 0.262 e. The summed E-state index contributed by atoms with van der Waals surface area (Å²) >= 11 is 6.36. The molecule has 0 aliphatic carbocycles. The predicted octanol–water partition coefficient (Wildman–Crippen LogP) is 2.92. The van der Waals surface area contributed by atoms with Gasteiger partial charge in [0, 0.05) is 36.6 Å². The van der Waals surface area contributed by atoms with Crippen molar-refractivity contribution in [3.8, 4) is 0 Å². The maximum absolute atomic E-state index is 13.3. The molecular weight excluding hydrogens is 373 g/mol. The number of benzene rings is 1. The summed E-state index contributed by atoms with van der Waals surface area (Å²) < 4.78 is 32.0. The lowest BCUT2D eigenvalue weighted by Gasteiger charge is -2.38. The molecule has 2 saturated heterocycles. The van der Waals surface area contributed by atoms with Crippen LogP contribution in [0.2, 0.25) is 5.02 Å². The summed E-state index contributed by atoms with van der Waals surface area (Å²) in [6.07, 6.45) is 0.998. The Morgan fingerprint density at radius 3 is 2.60 bits per heavy atom. The molecule has 0 bridgehead atoms. The number of amides is 1. The zero-order chi connectivity index (χ0) is 17.2. The van der Waals surface area contributed by atoms with Gasteiger partial charge >= 0.3 is 0 Å². The largest absolute Gasteiger partial charge is 0.381 e. The van der Waals surface area contributed by atoms with Crippen LogP contribution in [0.1, 0.15) is 24.8 Å². The van der Waals surface area contributed by atoms with Crippen LogP contribution in [-0.2, 0) is 14.9 Å². The Balaban J connectivity index is 0.00000225. The van der Waals surface area contributed by atoms with Crippen LogP contribution in [0, 0.1) is 0 Å². The van der Waals surface area contributed by atoms with E-state index in [4.69, 9.17) is 16.3 Å². The summed E-state index contributed by atoms with van der Waals surface area (Å²) in [5.74, 6) is -3.20. The zero-order valence-corrected chi connectivity index (χ0v) is 15.3. The predicted molar refractivity (Wildman–Crippen MR) is 94.8 cm³/mol. The van der Waals surface area contributed by atoms with E-state index in [1.54, 1.807) is 0 Å². The van der Waals surface area contributed by atoms with Crippen molar-refractivity contribution in [1.82, 2.24) is 10.6 Å². The Morgan fingerprint density at radius 1 is 1.32 bits per heavy atom. The smallest absolute Gasteiger partial charge is 0.262 e. The molecule has 25 heavy (non-hydrogen) atoms. The van der Waals surface area contributed by atoms with Gasteiger partial charge in [0.2, 0.25) is 5.91 Å². The van der Waals surface area contributed by atoms with Crippen molar-refractivity contribution in [3.63, 3.8) is 0 Å². The lowest BCUT2D eigenvalue weighted by atomic mass is 9.74. The first kappa shape index (κ1) is 20.4. The van der Waals surface area contributed by atoms with E-state index in [9.17, 15) is 13.6 Å². The molecule has 140 valence electrons. The maximum atomic E-state index is 13.3. The number of ether oxygens (including phenoxy) is 1. The summed E-state index contributed by atoms with van der Waals surface area (Å²) in [5, 5.41) is 6.09. The highest BCUT2D eigenvalue weighted by Crippen LogP contribution is 2.38. The first-order valence-corrected chi connectivity index (χ1v) is 8.51. The lowest BCUT2D eigenvalue weighted by Crippen LogP contribution is -2.49. The van der Waals surface area contributed by atoms with Crippen LogP contribution < -0.4 is 10.6 Å². The fourth-order valence-electron chi connectivity index (χ4n) is 3.48. The molecule has 1 unspecified atom stereocenters. The van der Waals surface area contributed by atoms with Gasteiger partial charge in [-0.05, 0) is 24.5 Å². The Kier molecular flexibility index (Phi) is 6.65.